The molecule has 0 aliphatic carbocycles. The Balaban J connectivity index is 1.71. The normalized spacial score (nSPS) is 13.8. The van der Waals surface area contributed by atoms with E-state index in [2.05, 4.69) is 96.5 Å². The third-order valence-corrected chi connectivity index (χ3v) is 5.93. The van der Waals surface area contributed by atoms with Crippen molar-refractivity contribution in [1.29, 1.82) is 5.26 Å². The fourth-order valence-electron chi connectivity index (χ4n) is 4.41. The van der Waals surface area contributed by atoms with Gasteiger partial charge in [-0.2, -0.15) is 5.26 Å². The number of pyridine rings is 1. The molecule has 0 amide bonds. The molecule has 0 saturated carbocycles. The van der Waals surface area contributed by atoms with E-state index in [0.717, 1.165) is 16.9 Å². The molecule has 3 nitrogen and oxygen atoms in total. The van der Waals surface area contributed by atoms with Gasteiger partial charge in [-0.15, -0.1) is 0 Å². The van der Waals surface area contributed by atoms with Gasteiger partial charge in [-0.25, -0.2) is 0 Å². The summed E-state index contributed by atoms with van der Waals surface area (Å²) in [6, 6.07) is 31.4. The van der Waals surface area contributed by atoms with Gasteiger partial charge in [-0.3, -0.25) is 4.98 Å². The summed E-state index contributed by atoms with van der Waals surface area (Å²) in [6.07, 6.45) is 1.69. The molecule has 0 radical (unpaired) electrons. The second-order valence-corrected chi connectivity index (χ2v) is 8.09. The van der Waals surface area contributed by atoms with Crippen LogP contribution in [0.2, 0.25) is 0 Å². The van der Waals surface area contributed by atoms with Crippen molar-refractivity contribution in [3.05, 3.63) is 108 Å². The monoisotopic (exact) mass is 387 g/mol. The van der Waals surface area contributed by atoms with Crippen molar-refractivity contribution >= 4 is 17.1 Å². The highest BCUT2D eigenvalue weighted by molar-refractivity contribution is 5.87. The van der Waals surface area contributed by atoms with Gasteiger partial charge in [0.05, 0.1) is 28.7 Å². The Morgan fingerprint density at radius 1 is 0.800 bits per heavy atom. The minimum atomic E-state index is -0.0794. The molecule has 0 atom stereocenters. The summed E-state index contributed by atoms with van der Waals surface area (Å²) in [5.74, 6) is 0. The van der Waals surface area contributed by atoms with Crippen molar-refractivity contribution in [3.63, 3.8) is 0 Å². The predicted molar refractivity (Wildman–Crippen MR) is 121 cm³/mol. The van der Waals surface area contributed by atoms with Crippen molar-refractivity contribution in [1.82, 2.24) is 4.98 Å². The van der Waals surface area contributed by atoms with Crippen LogP contribution in [0.3, 0.4) is 0 Å². The van der Waals surface area contributed by atoms with Gasteiger partial charge in [0.15, 0.2) is 0 Å². The van der Waals surface area contributed by atoms with E-state index in [9.17, 15) is 5.26 Å². The lowest BCUT2D eigenvalue weighted by molar-refractivity contribution is 0.632. The zero-order valence-electron chi connectivity index (χ0n) is 17.0. The molecule has 0 unspecified atom stereocenters. The molecule has 0 saturated heterocycles. The third kappa shape index (κ3) is 2.77. The lowest BCUT2D eigenvalue weighted by Crippen LogP contribution is -2.30. The lowest BCUT2D eigenvalue weighted by atomic mass is 9.73. The van der Waals surface area contributed by atoms with Crippen LogP contribution in [0.5, 0.6) is 0 Å². The molecule has 30 heavy (non-hydrogen) atoms. The van der Waals surface area contributed by atoms with Crippen LogP contribution >= 0.6 is 0 Å². The van der Waals surface area contributed by atoms with Crippen molar-refractivity contribution < 1.29 is 0 Å². The van der Waals surface area contributed by atoms with Crippen LogP contribution in [0.1, 0.15) is 30.5 Å². The molecule has 0 fully saturated rings. The molecule has 0 bridgehead atoms. The van der Waals surface area contributed by atoms with Gasteiger partial charge in [0, 0.05) is 22.9 Å². The smallest absolute Gasteiger partial charge is 0.0992 e. The van der Waals surface area contributed by atoms with E-state index in [1.165, 1.54) is 22.5 Å². The molecule has 1 aromatic heterocycles. The summed E-state index contributed by atoms with van der Waals surface area (Å²) in [5, 5.41) is 9.25. The number of nitriles is 1. The second-order valence-electron chi connectivity index (χ2n) is 8.09. The molecule has 2 heterocycles. The van der Waals surface area contributed by atoms with Crippen molar-refractivity contribution in [2.75, 3.05) is 4.90 Å². The number of hydrogen-bond donors (Lipinski definition) is 0. The van der Waals surface area contributed by atoms with E-state index in [4.69, 9.17) is 0 Å². The summed E-state index contributed by atoms with van der Waals surface area (Å²) < 4.78 is 0. The SMILES string of the molecule is CC1(C)c2ccccc2N(c2cccc(-c3cc(C#N)ccn3)c2)c2ccccc21. The topological polar surface area (TPSA) is 39.9 Å². The van der Waals surface area contributed by atoms with Crippen LogP contribution in [0, 0.1) is 11.3 Å². The number of hydrogen-bond acceptors (Lipinski definition) is 3. The lowest BCUT2D eigenvalue weighted by Gasteiger charge is -2.42. The van der Waals surface area contributed by atoms with Gasteiger partial charge in [0.2, 0.25) is 0 Å². The van der Waals surface area contributed by atoms with Gasteiger partial charge < -0.3 is 4.90 Å². The van der Waals surface area contributed by atoms with E-state index in [1.54, 1.807) is 12.3 Å². The van der Waals surface area contributed by atoms with E-state index >= 15 is 0 Å². The fourth-order valence-corrected chi connectivity index (χ4v) is 4.41. The molecule has 1 aliphatic heterocycles. The van der Waals surface area contributed by atoms with Crippen LogP contribution in [-0.2, 0) is 5.41 Å². The molecule has 5 rings (SSSR count). The van der Waals surface area contributed by atoms with Crippen LogP contribution in [0.4, 0.5) is 17.1 Å². The Hall–Kier alpha value is -3.90. The molecule has 0 N–H and O–H groups in total. The average Bonchev–Trinajstić information content (AvgIpc) is 2.80. The van der Waals surface area contributed by atoms with E-state index in [-0.39, 0.29) is 5.41 Å². The highest BCUT2D eigenvalue weighted by Gasteiger charge is 2.36. The van der Waals surface area contributed by atoms with Crippen molar-refractivity contribution in [2.45, 2.75) is 19.3 Å². The zero-order chi connectivity index (χ0) is 20.7. The Morgan fingerprint density at radius 2 is 1.47 bits per heavy atom. The maximum atomic E-state index is 9.25. The highest BCUT2D eigenvalue weighted by atomic mass is 15.2. The van der Waals surface area contributed by atoms with E-state index in [0.29, 0.717) is 5.56 Å². The van der Waals surface area contributed by atoms with Crippen LogP contribution in [0.25, 0.3) is 11.3 Å². The average molecular weight is 387 g/mol. The van der Waals surface area contributed by atoms with Gasteiger partial charge in [0.1, 0.15) is 0 Å². The molecule has 1 aliphatic rings. The van der Waals surface area contributed by atoms with Crippen LogP contribution in [0.15, 0.2) is 91.1 Å². The number of anilines is 3. The second kappa shape index (κ2) is 6.86. The quantitative estimate of drug-likeness (QED) is 0.383. The van der Waals surface area contributed by atoms with Crippen molar-refractivity contribution in [3.8, 4) is 17.3 Å². The Morgan fingerprint density at radius 3 is 2.13 bits per heavy atom. The van der Waals surface area contributed by atoms with E-state index in [1.807, 2.05) is 12.1 Å². The Labute approximate surface area is 176 Å². The minimum Gasteiger partial charge on any atom is -0.310 e. The predicted octanol–water partition coefficient (Wildman–Crippen LogP) is 6.73. The summed E-state index contributed by atoms with van der Waals surface area (Å²) in [4.78, 5) is 6.81. The summed E-state index contributed by atoms with van der Waals surface area (Å²) in [6.45, 7) is 4.57. The number of aromatic nitrogens is 1. The first kappa shape index (κ1) is 18.1. The fraction of sp³-hybridized carbons (Fsp3) is 0.111. The first-order valence-corrected chi connectivity index (χ1v) is 10.1. The first-order chi connectivity index (χ1) is 14.6. The van der Waals surface area contributed by atoms with Gasteiger partial charge in [-0.05, 0) is 47.5 Å². The molecular weight excluding hydrogens is 366 g/mol. The molecule has 0 spiro atoms. The van der Waals surface area contributed by atoms with Gasteiger partial charge >= 0.3 is 0 Å². The number of para-hydroxylation sites is 2. The molecule has 3 aromatic carbocycles. The number of benzene rings is 3. The Bertz CT molecular complexity index is 1250. The van der Waals surface area contributed by atoms with Crippen molar-refractivity contribution in [2.24, 2.45) is 0 Å². The summed E-state index contributed by atoms with van der Waals surface area (Å²) in [5.41, 5.74) is 8.39. The Kier molecular flexibility index (Phi) is 4.15. The number of nitrogens with zero attached hydrogens (tertiary/aromatic N) is 3. The minimum absolute atomic E-state index is 0.0794. The summed E-state index contributed by atoms with van der Waals surface area (Å²) >= 11 is 0. The molecule has 3 heteroatoms. The van der Waals surface area contributed by atoms with Crippen LogP contribution in [-0.4, -0.2) is 4.98 Å². The third-order valence-electron chi connectivity index (χ3n) is 5.93. The first-order valence-electron chi connectivity index (χ1n) is 10.1. The number of rotatable bonds is 2. The van der Waals surface area contributed by atoms with E-state index < -0.39 is 0 Å². The molecular formula is C27H21N3. The molecule has 144 valence electrons. The number of fused-ring (bicyclic) bond motifs is 2. The van der Waals surface area contributed by atoms with Gasteiger partial charge in [0.25, 0.3) is 0 Å². The largest absolute Gasteiger partial charge is 0.310 e. The highest BCUT2D eigenvalue weighted by Crippen LogP contribution is 2.51. The maximum absolute atomic E-state index is 9.25. The van der Waals surface area contributed by atoms with Gasteiger partial charge in [-0.1, -0.05) is 62.4 Å². The zero-order valence-corrected chi connectivity index (χ0v) is 17.0. The maximum Gasteiger partial charge on any atom is 0.0992 e. The standard InChI is InChI=1S/C27H21N3/c1-27(2)22-10-3-5-12-25(22)30(26-13-6-4-11-23(26)27)21-9-7-8-20(17-21)24-16-19(18-28)14-15-29-24/h3-17H,1-2H3. The summed E-state index contributed by atoms with van der Waals surface area (Å²) in [7, 11) is 0. The molecule has 4 aromatic rings. The van der Waals surface area contributed by atoms with Crippen LogP contribution < -0.4 is 4.90 Å².